The highest BCUT2D eigenvalue weighted by atomic mass is 79.9. The molecule has 4 nitrogen and oxygen atoms in total. The minimum atomic E-state index is -3.39. The van der Waals surface area contributed by atoms with Gasteiger partial charge in [-0.05, 0) is 43.5 Å². The Bertz CT molecular complexity index is 545. The number of rotatable bonds is 3. The SMILES string of the molecule is Cc1ccc(Br)cc1S(=O)(=O)N1CC[C@@H](CN)C1. The lowest BCUT2D eigenvalue weighted by atomic mass is 10.1. The van der Waals surface area contributed by atoms with Gasteiger partial charge in [0.2, 0.25) is 10.0 Å². The first-order valence-electron chi connectivity index (χ1n) is 5.91. The molecule has 1 heterocycles. The molecule has 0 aliphatic carbocycles. The first kappa shape index (κ1) is 14.0. The summed E-state index contributed by atoms with van der Waals surface area (Å²) >= 11 is 3.32. The number of halogens is 1. The van der Waals surface area contributed by atoms with E-state index in [9.17, 15) is 8.42 Å². The molecule has 1 aliphatic rings. The van der Waals surface area contributed by atoms with Crippen LogP contribution in [0, 0.1) is 12.8 Å². The average molecular weight is 333 g/mol. The predicted octanol–water partition coefficient (Wildman–Crippen LogP) is 1.73. The molecule has 1 aromatic carbocycles. The van der Waals surface area contributed by atoms with Gasteiger partial charge in [-0.25, -0.2) is 8.42 Å². The van der Waals surface area contributed by atoms with Gasteiger partial charge < -0.3 is 5.73 Å². The zero-order chi connectivity index (χ0) is 13.3. The standard InChI is InChI=1S/C12H17BrN2O2S/c1-9-2-3-11(13)6-12(9)18(16,17)15-5-4-10(7-14)8-15/h2-3,6,10H,4-5,7-8,14H2,1H3/t10-/m0/s1. The molecule has 0 unspecified atom stereocenters. The van der Waals surface area contributed by atoms with Crippen molar-refractivity contribution in [2.45, 2.75) is 18.2 Å². The maximum Gasteiger partial charge on any atom is 0.243 e. The number of hydrogen-bond acceptors (Lipinski definition) is 3. The fraction of sp³-hybridized carbons (Fsp3) is 0.500. The van der Waals surface area contributed by atoms with Gasteiger partial charge in [-0.1, -0.05) is 22.0 Å². The van der Waals surface area contributed by atoms with Gasteiger partial charge in [-0.2, -0.15) is 4.31 Å². The van der Waals surface area contributed by atoms with E-state index in [-0.39, 0.29) is 5.92 Å². The van der Waals surface area contributed by atoms with E-state index in [0.717, 1.165) is 16.5 Å². The lowest BCUT2D eigenvalue weighted by molar-refractivity contribution is 0.458. The molecule has 18 heavy (non-hydrogen) atoms. The Labute approximate surface area is 116 Å². The second kappa shape index (κ2) is 5.28. The molecule has 2 rings (SSSR count). The van der Waals surface area contributed by atoms with E-state index in [0.29, 0.717) is 24.5 Å². The Hall–Kier alpha value is -0.430. The molecule has 1 aliphatic heterocycles. The summed E-state index contributed by atoms with van der Waals surface area (Å²) in [5.41, 5.74) is 6.38. The van der Waals surface area contributed by atoms with Gasteiger partial charge in [0.05, 0.1) is 4.90 Å². The van der Waals surface area contributed by atoms with Gasteiger partial charge >= 0.3 is 0 Å². The molecular formula is C12H17BrN2O2S. The smallest absolute Gasteiger partial charge is 0.243 e. The minimum Gasteiger partial charge on any atom is -0.330 e. The maximum atomic E-state index is 12.5. The molecule has 0 amide bonds. The lowest BCUT2D eigenvalue weighted by Gasteiger charge is -2.18. The van der Waals surface area contributed by atoms with Crippen molar-refractivity contribution in [1.29, 1.82) is 0 Å². The third-order valence-electron chi connectivity index (χ3n) is 3.35. The molecule has 0 saturated carbocycles. The number of nitrogens with two attached hydrogens (primary N) is 1. The third-order valence-corrected chi connectivity index (χ3v) is 5.85. The van der Waals surface area contributed by atoms with Gasteiger partial charge in [-0.15, -0.1) is 0 Å². The monoisotopic (exact) mass is 332 g/mol. The molecule has 1 fully saturated rings. The molecule has 0 spiro atoms. The summed E-state index contributed by atoms with van der Waals surface area (Å²) in [6, 6.07) is 5.33. The Morgan fingerprint density at radius 3 is 2.83 bits per heavy atom. The van der Waals surface area contributed by atoms with E-state index >= 15 is 0 Å². The van der Waals surface area contributed by atoms with Gasteiger partial charge in [0.1, 0.15) is 0 Å². The lowest BCUT2D eigenvalue weighted by Crippen LogP contribution is -2.30. The van der Waals surface area contributed by atoms with Crippen molar-refractivity contribution in [3.8, 4) is 0 Å². The summed E-state index contributed by atoms with van der Waals surface area (Å²) in [6.45, 7) is 3.46. The number of aryl methyl sites for hydroxylation is 1. The Balaban J connectivity index is 2.34. The quantitative estimate of drug-likeness (QED) is 0.916. The van der Waals surface area contributed by atoms with Crippen LogP contribution in [0.4, 0.5) is 0 Å². The van der Waals surface area contributed by atoms with Gasteiger partial charge in [-0.3, -0.25) is 0 Å². The van der Waals surface area contributed by atoms with Crippen molar-refractivity contribution in [1.82, 2.24) is 4.31 Å². The molecule has 100 valence electrons. The number of hydrogen-bond donors (Lipinski definition) is 1. The van der Waals surface area contributed by atoms with Crippen LogP contribution in [0.3, 0.4) is 0 Å². The molecule has 6 heteroatoms. The summed E-state index contributed by atoms with van der Waals surface area (Å²) in [7, 11) is -3.39. The minimum absolute atomic E-state index is 0.284. The largest absolute Gasteiger partial charge is 0.330 e. The average Bonchev–Trinajstić information content (AvgIpc) is 2.81. The van der Waals surface area contributed by atoms with Crippen molar-refractivity contribution in [3.63, 3.8) is 0 Å². The van der Waals surface area contributed by atoms with E-state index < -0.39 is 10.0 Å². The Morgan fingerprint density at radius 1 is 1.50 bits per heavy atom. The van der Waals surface area contributed by atoms with Crippen molar-refractivity contribution < 1.29 is 8.42 Å². The zero-order valence-electron chi connectivity index (χ0n) is 10.3. The molecule has 1 atom stereocenters. The summed E-state index contributed by atoms with van der Waals surface area (Å²) in [6.07, 6.45) is 0.850. The second-order valence-corrected chi connectivity index (χ2v) is 7.49. The topological polar surface area (TPSA) is 63.4 Å². The molecule has 1 saturated heterocycles. The zero-order valence-corrected chi connectivity index (χ0v) is 12.7. The van der Waals surface area contributed by atoms with Crippen LogP contribution in [0.1, 0.15) is 12.0 Å². The molecule has 0 bridgehead atoms. The Kier molecular flexibility index (Phi) is 4.11. The fourth-order valence-electron chi connectivity index (χ4n) is 2.20. The molecule has 2 N–H and O–H groups in total. The van der Waals surface area contributed by atoms with E-state index in [2.05, 4.69) is 15.9 Å². The van der Waals surface area contributed by atoms with Gasteiger partial charge in [0, 0.05) is 17.6 Å². The summed E-state index contributed by atoms with van der Waals surface area (Å²) in [5, 5.41) is 0. The first-order valence-corrected chi connectivity index (χ1v) is 8.15. The van der Waals surface area contributed by atoms with Crippen LogP contribution < -0.4 is 5.73 Å². The van der Waals surface area contributed by atoms with Crippen molar-refractivity contribution in [3.05, 3.63) is 28.2 Å². The Morgan fingerprint density at radius 2 is 2.22 bits per heavy atom. The van der Waals surface area contributed by atoms with E-state index in [1.165, 1.54) is 0 Å². The van der Waals surface area contributed by atoms with Crippen LogP contribution in [-0.4, -0.2) is 32.4 Å². The van der Waals surface area contributed by atoms with Crippen molar-refractivity contribution >= 4 is 26.0 Å². The van der Waals surface area contributed by atoms with E-state index in [4.69, 9.17) is 5.73 Å². The maximum absolute atomic E-state index is 12.5. The highest BCUT2D eigenvalue weighted by Gasteiger charge is 2.32. The van der Waals surface area contributed by atoms with E-state index in [1.807, 2.05) is 19.1 Å². The normalized spacial score (nSPS) is 21.4. The van der Waals surface area contributed by atoms with Crippen LogP contribution in [0.5, 0.6) is 0 Å². The third kappa shape index (κ3) is 2.61. The van der Waals surface area contributed by atoms with Crippen LogP contribution in [0.15, 0.2) is 27.6 Å². The number of benzene rings is 1. The highest BCUT2D eigenvalue weighted by Crippen LogP contribution is 2.27. The number of nitrogens with zero attached hydrogens (tertiary/aromatic N) is 1. The first-order chi connectivity index (χ1) is 8.45. The molecule has 1 aromatic rings. The molecular weight excluding hydrogens is 316 g/mol. The highest BCUT2D eigenvalue weighted by molar-refractivity contribution is 9.10. The van der Waals surface area contributed by atoms with Crippen molar-refractivity contribution in [2.75, 3.05) is 19.6 Å². The number of sulfonamides is 1. The van der Waals surface area contributed by atoms with E-state index in [1.54, 1.807) is 10.4 Å². The van der Waals surface area contributed by atoms with Crippen LogP contribution in [-0.2, 0) is 10.0 Å². The predicted molar refractivity (Wildman–Crippen MR) is 74.8 cm³/mol. The van der Waals surface area contributed by atoms with Gasteiger partial charge in [0.25, 0.3) is 0 Å². The summed E-state index contributed by atoms with van der Waals surface area (Å²) in [5.74, 6) is 0.284. The molecule has 0 radical (unpaired) electrons. The summed E-state index contributed by atoms with van der Waals surface area (Å²) < 4.78 is 27.4. The summed E-state index contributed by atoms with van der Waals surface area (Å²) in [4.78, 5) is 0.384. The molecule has 0 aromatic heterocycles. The van der Waals surface area contributed by atoms with Gasteiger partial charge in [0.15, 0.2) is 0 Å². The second-order valence-electron chi connectivity index (χ2n) is 4.66. The van der Waals surface area contributed by atoms with Crippen molar-refractivity contribution in [2.24, 2.45) is 11.7 Å². The fourth-order valence-corrected chi connectivity index (χ4v) is 4.49. The van der Waals surface area contributed by atoms with Crippen LogP contribution in [0.25, 0.3) is 0 Å². The van der Waals surface area contributed by atoms with Crippen LogP contribution >= 0.6 is 15.9 Å². The van der Waals surface area contributed by atoms with Crippen LogP contribution in [0.2, 0.25) is 0 Å².